The average molecular weight is 805 g/mol. The van der Waals surface area contributed by atoms with Crippen LogP contribution in [0.3, 0.4) is 0 Å². The number of alkyl halides is 12. The fourth-order valence-corrected chi connectivity index (χ4v) is 1.17. The zero-order chi connectivity index (χ0) is 38.5. The Kier molecular flexibility index (Phi) is 29.1. The summed E-state index contributed by atoms with van der Waals surface area (Å²) >= 11 is -1.75. The Balaban J connectivity index is -0.000000103. The molecule has 0 heterocycles. The fourth-order valence-electron chi connectivity index (χ4n) is 1.17. The maximum absolute atomic E-state index is 10.7. The third-order valence-corrected chi connectivity index (χ3v) is 4.99. The van der Waals surface area contributed by atoms with Gasteiger partial charge in [0, 0.05) is 19.3 Å². The third kappa shape index (κ3) is 37.2. The minimum atomic E-state index is -5.84. The van der Waals surface area contributed by atoms with Gasteiger partial charge in [-0.1, -0.05) is 20.8 Å². The van der Waals surface area contributed by atoms with Crippen LogP contribution >= 0.6 is 0 Å². The van der Waals surface area contributed by atoms with Gasteiger partial charge in [-0.05, 0) is 0 Å². The molecule has 0 radical (unpaired) electrons. The number of rotatable bonds is 6. The molecule has 0 unspecified atom stereocenters. The summed E-state index contributed by atoms with van der Waals surface area (Å²) in [6, 6.07) is 0. The monoisotopic (exact) mass is 804 g/mol. The molecule has 0 saturated carbocycles. The summed E-state index contributed by atoms with van der Waals surface area (Å²) in [5, 5.41) is 0. The number of hydrogen-bond donors (Lipinski definition) is 4. The topological polar surface area (TPSA) is 260 Å². The first-order valence-corrected chi connectivity index (χ1v) is 16.8. The Labute approximate surface area is 254 Å². The molecule has 32 heteroatoms. The van der Waals surface area contributed by atoms with Crippen LogP contribution in [0.2, 0.25) is 0 Å². The Morgan fingerprint density at radius 3 is 0.622 bits per heavy atom. The maximum atomic E-state index is 10.7. The van der Waals surface area contributed by atoms with Gasteiger partial charge in [-0.25, -0.2) is 0 Å². The second-order valence-corrected chi connectivity index (χ2v) is 12.3. The summed E-state index contributed by atoms with van der Waals surface area (Å²) in [5.74, 6) is 0. The van der Waals surface area contributed by atoms with Gasteiger partial charge in [0.1, 0.15) is 19.8 Å². The molecule has 0 aliphatic heterocycles. The molecule has 278 valence electrons. The van der Waals surface area contributed by atoms with E-state index in [1.807, 2.05) is 0 Å². The Bertz CT molecular complexity index is 1030. The van der Waals surface area contributed by atoms with Crippen molar-refractivity contribution in [3.63, 3.8) is 0 Å². The van der Waals surface area contributed by atoms with Gasteiger partial charge in [0.2, 0.25) is 0 Å². The quantitative estimate of drug-likeness (QED) is 0.0990. The second-order valence-electron chi connectivity index (χ2n) is 6.50. The van der Waals surface area contributed by atoms with Gasteiger partial charge in [0.05, 0.1) is 0 Å². The van der Waals surface area contributed by atoms with Crippen molar-refractivity contribution in [2.45, 2.75) is 62.1 Å². The first kappa shape index (κ1) is 56.2. The molecule has 0 saturated heterocycles. The van der Waals surface area contributed by atoms with E-state index in [0.29, 0.717) is 0 Å². The zero-order valence-corrected chi connectivity index (χ0v) is 26.7. The molecule has 0 aliphatic carbocycles. The second kappa shape index (κ2) is 23.3. The van der Waals surface area contributed by atoms with Crippen molar-refractivity contribution < 1.29 is 117 Å². The molecule has 0 amide bonds. The summed E-state index contributed by atoms with van der Waals surface area (Å²) in [7, 11) is -23.4. The molecule has 0 aromatic carbocycles. The van der Waals surface area contributed by atoms with Crippen LogP contribution < -0.4 is 4.16 Å². The molecule has 0 fully saturated rings. The van der Waals surface area contributed by atoms with Crippen LogP contribution in [0.25, 0.3) is 0 Å². The van der Waals surface area contributed by atoms with E-state index in [1.165, 1.54) is 39.1 Å². The van der Waals surface area contributed by atoms with Crippen molar-refractivity contribution in [1.29, 1.82) is 0 Å². The molecule has 4 N–H and O–H groups in total. The SMILES string of the molecule is CCC[O+](CCC)CCC.O=S(=O)(O)C(F)(F)F.O=S(=O)(O)C(F)(F)F.O=S(=O)(O)C(F)(F)F.O=S(=O)(O)C(F)(F)F.[O]=[Al][O-]. The van der Waals surface area contributed by atoms with Gasteiger partial charge in [-0.2, -0.15) is 86.4 Å². The molecular formula is C13H25AlF12O15S4. The molecule has 15 nitrogen and oxygen atoms in total. The molecule has 0 spiro atoms. The summed E-state index contributed by atoms with van der Waals surface area (Å²) in [6.07, 6.45) is 3.76. The van der Waals surface area contributed by atoms with Gasteiger partial charge in [-0.3, -0.25) is 18.2 Å². The van der Waals surface area contributed by atoms with E-state index in [9.17, 15) is 52.7 Å². The van der Waals surface area contributed by atoms with Crippen molar-refractivity contribution in [3.05, 3.63) is 0 Å². The summed E-state index contributed by atoms with van der Waals surface area (Å²) < 4.78 is 250. The van der Waals surface area contributed by atoms with Crippen molar-refractivity contribution in [1.82, 2.24) is 0 Å². The molecule has 0 aliphatic rings. The Morgan fingerprint density at radius 2 is 0.578 bits per heavy atom. The van der Waals surface area contributed by atoms with E-state index in [-0.39, 0.29) is 0 Å². The van der Waals surface area contributed by atoms with Crippen LogP contribution in [-0.2, 0) is 48.6 Å². The van der Waals surface area contributed by atoms with E-state index < -0.39 is 78.0 Å². The summed E-state index contributed by atoms with van der Waals surface area (Å²) in [4.78, 5) is 0. The van der Waals surface area contributed by atoms with E-state index >= 15 is 0 Å². The molecule has 0 aromatic heterocycles. The van der Waals surface area contributed by atoms with E-state index in [2.05, 4.69) is 25.1 Å². The van der Waals surface area contributed by atoms with Crippen LogP contribution in [0.5, 0.6) is 0 Å². The van der Waals surface area contributed by atoms with Gasteiger partial charge >= 0.3 is 86.0 Å². The number of halogens is 12. The van der Waals surface area contributed by atoms with Crippen molar-refractivity contribution >= 4 is 56.0 Å². The molecule has 0 aromatic rings. The normalized spacial score (nSPS) is 12.5. The molecule has 0 bridgehead atoms. The first-order valence-electron chi connectivity index (χ1n) is 10.1. The van der Waals surface area contributed by atoms with Crippen molar-refractivity contribution in [2.24, 2.45) is 0 Å². The van der Waals surface area contributed by atoms with Crippen LogP contribution in [0.4, 0.5) is 52.7 Å². The Morgan fingerprint density at radius 1 is 0.489 bits per heavy atom. The van der Waals surface area contributed by atoms with E-state index in [1.54, 1.807) is 0 Å². The summed E-state index contributed by atoms with van der Waals surface area (Å²) in [6.45, 7) is 10.3. The first-order chi connectivity index (χ1) is 19.3. The zero-order valence-electron chi connectivity index (χ0n) is 22.3. The fraction of sp³-hybridized carbons (Fsp3) is 1.00. The molecule has 0 rings (SSSR count). The van der Waals surface area contributed by atoms with Gasteiger partial charge < -0.3 is 4.37 Å². The van der Waals surface area contributed by atoms with Crippen LogP contribution in [0, 0.1) is 0 Å². The van der Waals surface area contributed by atoms with Gasteiger partial charge in [0.25, 0.3) is 0 Å². The van der Waals surface area contributed by atoms with Crippen LogP contribution in [0.15, 0.2) is 0 Å². The third-order valence-electron chi connectivity index (χ3n) is 2.65. The van der Waals surface area contributed by atoms with Crippen LogP contribution in [0.1, 0.15) is 40.0 Å². The van der Waals surface area contributed by atoms with Gasteiger partial charge in [0.15, 0.2) is 0 Å². The Hall–Kier alpha value is -1.11. The predicted molar refractivity (Wildman–Crippen MR) is 123 cm³/mol. The molecular weight excluding hydrogens is 779 g/mol. The molecule has 45 heavy (non-hydrogen) atoms. The van der Waals surface area contributed by atoms with Crippen LogP contribution in [-0.4, -0.2) is 109 Å². The minimum absolute atomic E-state index is 1.20. The predicted octanol–water partition coefficient (Wildman–Crippen LogP) is 2.66. The average Bonchev–Trinajstić information content (AvgIpc) is 2.71. The molecule has 0 atom stereocenters. The standard InChI is InChI=1S/C9H21O.4CHF3O3S.Al.2O/c1-4-7-10(8-5-2)9-6-3;4*2-1(3,4)8(5,6)7;;;/h4-9H2,1-3H3;4*(H,5,6,7);;;/q+1;;;;;;;-1. The van der Waals surface area contributed by atoms with Crippen molar-refractivity contribution in [3.8, 4) is 0 Å². The van der Waals surface area contributed by atoms with Crippen molar-refractivity contribution in [2.75, 3.05) is 19.8 Å². The van der Waals surface area contributed by atoms with E-state index in [0.717, 1.165) is 0 Å². The number of hydrogen-bond acceptors (Lipinski definition) is 10. The van der Waals surface area contributed by atoms with E-state index in [4.69, 9.17) is 59.8 Å². The summed E-state index contributed by atoms with van der Waals surface area (Å²) in [5.41, 5.74) is -22.1. The van der Waals surface area contributed by atoms with Gasteiger partial charge in [-0.15, -0.1) is 0 Å².